The van der Waals surface area contributed by atoms with Crippen molar-refractivity contribution in [3.8, 4) is 11.5 Å². The number of hydrogen-bond acceptors (Lipinski definition) is 7. The average Bonchev–Trinajstić information content (AvgIpc) is 3.10. The molecule has 8 nitrogen and oxygen atoms in total. The number of halogens is 1. The van der Waals surface area contributed by atoms with E-state index in [1.165, 1.54) is 0 Å². The van der Waals surface area contributed by atoms with Gasteiger partial charge in [-0.05, 0) is 35.9 Å². The van der Waals surface area contributed by atoms with Gasteiger partial charge in [0.25, 0.3) is 5.56 Å². The van der Waals surface area contributed by atoms with E-state index in [9.17, 15) is 9.90 Å². The zero-order valence-electron chi connectivity index (χ0n) is 13.3. The number of hydrogen-bond donors (Lipinski definition) is 3. The summed E-state index contributed by atoms with van der Waals surface area (Å²) in [6, 6.07) is 9.79. The lowest BCUT2D eigenvalue weighted by Crippen LogP contribution is -2.26. The van der Waals surface area contributed by atoms with E-state index in [0.29, 0.717) is 33.1 Å². The minimum Gasteiger partial charge on any atom is -0.454 e. The minimum atomic E-state index is -1.27. The number of nitrogens with one attached hydrogen (secondary N) is 1. The molecule has 2 heterocycles. The van der Waals surface area contributed by atoms with Crippen LogP contribution in [0.15, 0.2) is 46.3 Å². The topological polar surface area (TPSA) is 123 Å². The maximum absolute atomic E-state index is 12.4. The molecule has 4 rings (SSSR count). The van der Waals surface area contributed by atoms with E-state index in [1.54, 1.807) is 36.4 Å². The first-order chi connectivity index (χ1) is 12.6. The zero-order valence-corrected chi connectivity index (χ0v) is 14.0. The third kappa shape index (κ3) is 2.75. The molecule has 3 aromatic rings. The third-order valence-corrected chi connectivity index (χ3v) is 4.24. The Hall–Kier alpha value is -3.10. The fourth-order valence-electron chi connectivity index (χ4n) is 2.73. The van der Waals surface area contributed by atoms with Crippen LogP contribution in [0.2, 0.25) is 5.02 Å². The molecule has 1 aromatic heterocycles. The molecular weight excluding hydrogens is 360 g/mol. The van der Waals surface area contributed by atoms with Crippen molar-refractivity contribution in [2.75, 3.05) is 6.79 Å². The molecule has 0 spiro atoms. The van der Waals surface area contributed by atoms with Gasteiger partial charge in [-0.3, -0.25) is 4.79 Å². The summed E-state index contributed by atoms with van der Waals surface area (Å²) >= 11 is 5.92. The molecule has 0 aliphatic carbocycles. The number of aliphatic hydroxyl groups is 1. The number of aromatic amines is 1. The molecular formula is C17H13ClN4O4. The lowest BCUT2D eigenvalue weighted by Gasteiger charge is -2.13. The summed E-state index contributed by atoms with van der Waals surface area (Å²) < 4.78 is 10.5. The highest BCUT2D eigenvalue weighted by Gasteiger charge is 2.24. The monoisotopic (exact) mass is 372 g/mol. The van der Waals surface area contributed by atoms with Crippen LogP contribution < -0.4 is 20.9 Å². The molecule has 1 aliphatic rings. The van der Waals surface area contributed by atoms with Crippen LogP contribution in [0.4, 0.5) is 0 Å². The first-order valence-electron chi connectivity index (χ1n) is 7.62. The first kappa shape index (κ1) is 16.4. The molecule has 0 amide bonds. The van der Waals surface area contributed by atoms with Gasteiger partial charge in [0, 0.05) is 5.02 Å². The number of benzene rings is 2. The number of nitrogens with two attached hydrogens (primary N) is 1. The van der Waals surface area contributed by atoms with Gasteiger partial charge in [0.15, 0.2) is 17.2 Å². The molecule has 0 saturated carbocycles. The maximum atomic E-state index is 12.4. The minimum absolute atomic E-state index is 0.0676. The standard InChI is InChI=1S/C17H13ClN4O4/c18-9-2-3-10-11(6-9)21-17(24)15(20-10)14(22-19)16(23)8-1-4-12-13(5-8)26-7-25-12/h1-6,16,23H,7,19H2,(H,21,24)/b22-14+. The van der Waals surface area contributed by atoms with Crippen molar-refractivity contribution < 1.29 is 14.6 Å². The Morgan fingerprint density at radius 1 is 1.27 bits per heavy atom. The fraction of sp³-hybridized carbons (Fsp3) is 0.118. The van der Waals surface area contributed by atoms with E-state index in [2.05, 4.69) is 15.1 Å². The van der Waals surface area contributed by atoms with Crippen LogP contribution in [0.3, 0.4) is 0 Å². The number of nitrogens with zero attached hydrogens (tertiary/aromatic N) is 2. The number of hydrazone groups is 1. The number of rotatable bonds is 3. The second-order valence-electron chi connectivity index (χ2n) is 5.61. The van der Waals surface area contributed by atoms with Crippen LogP contribution in [0.5, 0.6) is 11.5 Å². The summed E-state index contributed by atoms with van der Waals surface area (Å²) in [5, 5.41) is 14.8. The van der Waals surface area contributed by atoms with Crippen molar-refractivity contribution in [3.05, 3.63) is 63.0 Å². The molecule has 0 saturated heterocycles. The lowest BCUT2D eigenvalue weighted by atomic mass is 10.0. The van der Waals surface area contributed by atoms with E-state index in [0.717, 1.165) is 0 Å². The fourth-order valence-corrected chi connectivity index (χ4v) is 2.91. The Morgan fingerprint density at radius 3 is 2.88 bits per heavy atom. The van der Waals surface area contributed by atoms with Crippen LogP contribution in [0.1, 0.15) is 17.4 Å². The van der Waals surface area contributed by atoms with Crippen LogP contribution in [0, 0.1) is 0 Å². The van der Waals surface area contributed by atoms with Crippen molar-refractivity contribution in [3.63, 3.8) is 0 Å². The van der Waals surface area contributed by atoms with E-state index >= 15 is 0 Å². The van der Waals surface area contributed by atoms with E-state index in [4.69, 9.17) is 26.9 Å². The summed E-state index contributed by atoms with van der Waals surface area (Å²) in [5.74, 6) is 6.52. The normalized spacial score (nSPS) is 14.6. The van der Waals surface area contributed by atoms with E-state index in [1.807, 2.05) is 0 Å². The Kier molecular flexibility index (Phi) is 3.98. The molecule has 1 unspecified atom stereocenters. The maximum Gasteiger partial charge on any atom is 0.276 e. The van der Waals surface area contributed by atoms with Crippen molar-refractivity contribution in [1.29, 1.82) is 0 Å². The summed E-state index contributed by atoms with van der Waals surface area (Å²) in [6.45, 7) is 0.112. The second-order valence-corrected chi connectivity index (χ2v) is 6.04. The van der Waals surface area contributed by atoms with Gasteiger partial charge in [-0.2, -0.15) is 5.10 Å². The van der Waals surface area contributed by atoms with Gasteiger partial charge in [-0.15, -0.1) is 0 Å². The summed E-state index contributed by atoms with van der Waals surface area (Å²) in [6.07, 6.45) is -1.27. The molecule has 132 valence electrons. The summed E-state index contributed by atoms with van der Waals surface area (Å²) in [4.78, 5) is 19.4. The molecule has 2 aromatic carbocycles. The van der Waals surface area contributed by atoms with Gasteiger partial charge < -0.3 is 25.4 Å². The second kappa shape index (κ2) is 6.32. The third-order valence-electron chi connectivity index (χ3n) is 4.01. The molecule has 26 heavy (non-hydrogen) atoms. The van der Waals surface area contributed by atoms with Crippen LogP contribution >= 0.6 is 11.6 Å². The molecule has 1 aliphatic heterocycles. The highest BCUT2D eigenvalue weighted by atomic mass is 35.5. The molecule has 1 atom stereocenters. The lowest BCUT2D eigenvalue weighted by molar-refractivity contribution is 0.173. The average molecular weight is 373 g/mol. The Bertz CT molecular complexity index is 1100. The number of aromatic nitrogens is 2. The van der Waals surface area contributed by atoms with E-state index < -0.39 is 11.7 Å². The predicted octanol–water partition coefficient (Wildman–Crippen LogP) is 1.70. The number of aliphatic hydroxyl groups excluding tert-OH is 1. The Balaban J connectivity index is 1.77. The van der Waals surface area contributed by atoms with E-state index in [-0.39, 0.29) is 18.2 Å². The number of fused-ring (bicyclic) bond motifs is 2. The van der Waals surface area contributed by atoms with Crippen LogP contribution in [0.25, 0.3) is 11.0 Å². The van der Waals surface area contributed by atoms with Gasteiger partial charge in [-0.25, -0.2) is 4.98 Å². The smallest absolute Gasteiger partial charge is 0.276 e. The van der Waals surface area contributed by atoms with Crippen molar-refractivity contribution >= 4 is 28.3 Å². The summed E-state index contributed by atoms with van der Waals surface area (Å²) in [7, 11) is 0. The van der Waals surface area contributed by atoms with Gasteiger partial charge in [0.1, 0.15) is 11.8 Å². The molecule has 0 fully saturated rings. The molecule has 0 radical (unpaired) electrons. The Morgan fingerprint density at radius 2 is 2.08 bits per heavy atom. The van der Waals surface area contributed by atoms with Crippen molar-refractivity contribution in [2.45, 2.75) is 6.10 Å². The largest absolute Gasteiger partial charge is 0.454 e. The predicted molar refractivity (Wildman–Crippen MR) is 95.6 cm³/mol. The van der Waals surface area contributed by atoms with Crippen molar-refractivity contribution in [1.82, 2.24) is 9.97 Å². The quantitative estimate of drug-likeness (QED) is 0.365. The van der Waals surface area contributed by atoms with Gasteiger partial charge in [0.05, 0.1) is 11.0 Å². The van der Waals surface area contributed by atoms with Gasteiger partial charge >= 0.3 is 0 Å². The number of H-pyrrole nitrogens is 1. The van der Waals surface area contributed by atoms with Gasteiger partial charge in [0.2, 0.25) is 6.79 Å². The van der Waals surface area contributed by atoms with Crippen LogP contribution in [-0.2, 0) is 0 Å². The zero-order chi connectivity index (χ0) is 18.3. The number of ether oxygens (including phenoxy) is 2. The highest BCUT2D eigenvalue weighted by Crippen LogP contribution is 2.34. The summed E-state index contributed by atoms with van der Waals surface area (Å²) in [5.41, 5.74) is 0.720. The van der Waals surface area contributed by atoms with Gasteiger partial charge in [-0.1, -0.05) is 17.7 Å². The molecule has 9 heteroatoms. The Labute approximate surface area is 151 Å². The van der Waals surface area contributed by atoms with Crippen LogP contribution in [-0.4, -0.2) is 27.6 Å². The SMILES string of the molecule is N/N=C(\c1nc2ccc(Cl)cc2[nH]c1=O)C(O)c1ccc2c(c1)OCO2. The highest BCUT2D eigenvalue weighted by molar-refractivity contribution is 6.31. The van der Waals surface area contributed by atoms with Crippen molar-refractivity contribution in [2.24, 2.45) is 10.9 Å². The molecule has 4 N–H and O–H groups in total. The molecule has 0 bridgehead atoms. The first-order valence-corrected chi connectivity index (χ1v) is 8.00.